The van der Waals surface area contributed by atoms with E-state index >= 15 is 0 Å². The van der Waals surface area contributed by atoms with E-state index in [1.54, 1.807) is 0 Å². The minimum absolute atomic E-state index is 0. The Morgan fingerprint density at radius 2 is 1.10 bits per heavy atom. The molecule has 0 aromatic carbocycles. The quantitative estimate of drug-likeness (QED) is 0.358. The van der Waals surface area contributed by atoms with Gasteiger partial charge in [0.1, 0.15) is 13.2 Å². The second-order valence-electron chi connectivity index (χ2n) is 1.89. The van der Waals surface area contributed by atoms with Crippen LogP contribution in [0.3, 0.4) is 0 Å². The van der Waals surface area contributed by atoms with Crippen LogP contribution in [0.25, 0.3) is 0 Å². The molecule has 0 spiro atoms. The second-order valence-corrected chi connectivity index (χ2v) is 1.89. The molecule has 0 aromatic rings. The summed E-state index contributed by atoms with van der Waals surface area (Å²) in [6, 6.07) is -0.278. The number of halogens is 2. The van der Waals surface area contributed by atoms with Gasteiger partial charge in [-0.05, 0) is 0 Å². The molecule has 0 saturated heterocycles. The van der Waals surface area contributed by atoms with E-state index in [4.69, 9.17) is 10.2 Å². The van der Waals surface area contributed by atoms with Crippen molar-refractivity contribution in [3.05, 3.63) is 0 Å². The monoisotopic (exact) mass is 192 g/mol. The summed E-state index contributed by atoms with van der Waals surface area (Å²) in [6.07, 6.45) is 0. The first-order valence-corrected chi connectivity index (χ1v) is 2.60. The van der Waals surface area contributed by atoms with E-state index in [0.29, 0.717) is 0 Å². The average molecular weight is 193 g/mol. The molecule has 0 aromatic heterocycles. The van der Waals surface area contributed by atoms with Gasteiger partial charge in [-0.3, -0.25) is 0 Å². The summed E-state index contributed by atoms with van der Waals surface area (Å²) in [6.45, 7) is -0.0105. The fourth-order valence-electron chi connectivity index (χ4n) is 0.298. The first kappa shape index (κ1) is 16.8. The molecule has 0 rings (SSSR count). The Morgan fingerprint density at radius 1 is 0.900 bits per heavy atom. The van der Waals surface area contributed by atoms with Crippen LogP contribution < -0.4 is 36.3 Å². The van der Waals surface area contributed by atoms with Crippen LogP contribution in [0, 0.1) is 0 Å². The maximum atomic E-state index is 8.42. The third kappa shape index (κ3) is 6.54. The molecule has 0 heterocycles. The van der Waals surface area contributed by atoms with Crippen molar-refractivity contribution in [3.8, 4) is 0 Å². The fraction of sp³-hybridized carbons (Fsp3) is 1.00. The van der Waals surface area contributed by atoms with Gasteiger partial charge in [0.15, 0.2) is 12.1 Å². The molecular weight excluding hydrogens is 179 g/mol. The van der Waals surface area contributed by atoms with E-state index in [1.165, 1.54) is 0 Å². The number of hydrogen-bond acceptors (Lipinski definition) is 2. The molecule has 66 valence electrons. The highest BCUT2D eigenvalue weighted by molar-refractivity contribution is 4.59. The maximum Gasteiger partial charge on any atom is 0.162 e. The lowest BCUT2D eigenvalue weighted by atomic mass is 10.2. The van der Waals surface area contributed by atoms with Gasteiger partial charge in [-0.15, -0.1) is 0 Å². The summed E-state index contributed by atoms with van der Waals surface area (Å²) in [5, 5.41) is 16.8. The third-order valence-corrected chi connectivity index (χ3v) is 1.14. The average Bonchev–Trinajstić information content (AvgIpc) is 1.84. The van der Waals surface area contributed by atoms with Gasteiger partial charge in [-0.1, -0.05) is 0 Å². The van der Waals surface area contributed by atoms with Crippen molar-refractivity contribution in [2.75, 3.05) is 13.2 Å². The standard InChI is InChI=1S/C4H12N2O2.2ClH/c5-3(1-7)4(6)2-8;;/h3-4,7-8H,1-2,5-6H2;2*1H/t3-,4-;;/m1../s1. The lowest BCUT2D eigenvalue weighted by Gasteiger charge is -2.06. The van der Waals surface area contributed by atoms with Crippen LogP contribution >= 0.6 is 0 Å². The number of hydrogen-bond donors (Lipinski definition) is 4. The SMILES string of the molecule is [Cl-].[Cl-].[NH3+][C@H](CO)[C@H]([NH3+])CO. The summed E-state index contributed by atoms with van der Waals surface area (Å²) < 4.78 is 0. The van der Waals surface area contributed by atoms with Gasteiger partial charge in [0.05, 0.1) is 0 Å². The molecule has 0 aliphatic rings. The predicted octanol–water partition coefficient (Wildman–Crippen LogP) is -9.80. The minimum Gasteiger partial charge on any atom is -1.00 e. The van der Waals surface area contributed by atoms with Gasteiger partial charge in [0.25, 0.3) is 0 Å². The number of rotatable bonds is 3. The summed E-state index contributed by atoms with van der Waals surface area (Å²) in [4.78, 5) is 0. The highest BCUT2D eigenvalue weighted by Crippen LogP contribution is 1.75. The van der Waals surface area contributed by atoms with Crippen LogP contribution in [0.5, 0.6) is 0 Å². The van der Waals surface area contributed by atoms with E-state index in [9.17, 15) is 0 Å². The lowest BCUT2D eigenvalue weighted by Crippen LogP contribution is -3.00. The Kier molecular flexibility index (Phi) is 15.8. The zero-order valence-electron chi connectivity index (χ0n) is 5.63. The summed E-state index contributed by atoms with van der Waals surface area (Å²) in [5.41, 5.74) is 7.11. The Balaban J connectivity index is -0.000000245. The third-order valence-electron chi connectivity index (χ3n) is 1.14. The van der Waals surface area contributed by atoms with Crippen molar-refractivity contribution in [1.82, 2.24) is 0 Å². The molecule has 10 heavy (non-hydrogen) atoms. The van der Waals surface area contributed by atoms with Gasteiger partial charge in [0.2, 0.25) is 0 Å². The summed E-state index contributed by atoms with van der Waals surface area (Å²) in [5.74, 6) is 0. The van der Waals surface area contributed by atoms with Crippen molar-refractivity contribution < 1.29 is 46.5 Å². The second kappa shape index (κ2) is 9.42. The van der Waals surface area contributed by atoms with Crippen LogP contribution in [-0.2, 0) is 0 Å². The Bertz CT molecular complexity index is 59.2. The lowest BCUT2D eigenvalue weighted by molar-refractivity contribution is -0.534. The van der Waals surface area contributed by atoms with Gasteiger partial charge in [0, 0.05) is 0 Å². The first-order chi connectivity index (χ1) is 3.72. The molecule has 8 N–H and O–H groups in total. The molecule has 0 amide bonds. The zero-order valence-corrected chi connectivity index (χ0v) is 7.15. The van der Waals surface area contributed by atoms with Crippen molar-refractivity contribution in [3.63, 3.8) is 0 Å². The van der Waals surface area contributed by atoms with Crippen molar-refractivity contribution in [1.29, 1.82) is 0 Å². The molecular formula is C4H14Cl2N2O2. The van der Waals surface area contributed by atoms with Gasteiger partial charge in [-0.25, -0.2) is 0 Å². The Morgan fingerprint density at radius 3 is 1.20 bits per heavy atom. The fourth-order valence-corrected chi connectivity index (χ4v) is 0.298. The molecule has 0 bridgehead atoms. The molecule has 0 radical (unpaired) electrons. The highest BCUT2D eigenvalue weighted by atomic mass is 35.5. The predicted molar refractivity (Wildman–Crippen MR) is 27.5 cm³/mol. The molecule has 0 aliphatic carbocycles. The Labute approximate surface area is 72.4 Å². The van der Waals surface area contributed by atoms with Gasteiger partial charge < -0.3 is 46.5 Å². The van der Waals surface area contributed by atoms with Crippen LogP contribution in [0.2, 0.25) is 0 Å². The number of aliphatic hydroxyl groups is 2. The molecule has 6 heteroatoms. The smallest absolute Gasteiger partial charge is 0.162 e. The summed E-state index contributed by atoms with van der Waals surface area (Å²) >= 11 is 0. The van der Waals surface area contributed by atoms with E-state index < -0.39 is 0 Å². The van der Waals surface area contributed by atoms with Crippen LogP contribution in [-0.4, -0.2) is 35.5 Å². The van der Waals surface area contributed by atoms with Crippen molar-refractivity contribution in [2.24, 2.45) is 0 Å². The molecule has 0 unspecified atom stereocenters. The van der Waals surface area contributed by atoms with Crippen LogP contribution in [0.4, 0.5) is 0 Å². The number of aliphatic hydroxyl groups excluding tert-OH is 2. The van der Waals surface area contributed by atoms with Gasteiger partial charge >= 0.3 is 0 Å². The van der Waals surface area contributed by atoms with Crippen molar-refractivity contribution >= 4 is 0 Å². The van der Waals surface area contributed by atoms with Crippen molar-refractivity contribution in [2.45, 2.75) is 12.1 Å². The molecule has 4 nitrogen and oxygen atoms in total. The normalized spacial score (nSPS) is 14.4. The maximum absolute atomic E-state index is 8.42. The topological polar surface area (TPSA) is 95.7 Å². The molecule has 2 atom stereocenters. The minimum atomic E-state index is -0.139. The van der Waals surface area contributed by atoms with E-state index in [2.05, 4.69) is 11.5 Å². The van der Waals surface area contributed by atoms with E-state index in [-0.39, 0.29) is 50.1 Å². The largest absolute Gasteiger partial charge is 1.00 e. The van der Waals surface area contributed by atoms with E-state index in [1.807, 2.05) is 0 Å². The molecule has 0 saturated carbocycles. The Hall–Kier alpha value is 0.420. The van der Waals surface area contributed by atoms with E-state index in [0.717, 1.165) is 0 Å². The first-order valence-electron chi connectivity index (χ1n) is 2.60. The summed E-state index contributed by atoms with van der Waals surface area (Å²) in [7, 11) is 0. The molecule has 0 fully saturated rings. The van der Waals surface area contributed by atoms with Crippen LogP contribution in [0.1, 0.15) is 0 Å². The van der Waals surface area contributed by atoms with Gasteiger partial charge in [-0.2, -0.15) is 0 Å². The van der Waals surface area contributed by atoms with Crippen LogP contribution in [0.15, 0.2) is 0 Å². The zero-order chi connectivity index (χ0) is 6.57. The molecule has 0 aliphatic heterocycles. The highest BCUT2D eigenvalue weighted by Gasteiger charge is 2.16. The number of quaternary nitrogens is 2.